The predicted molar refractivity (Wildman–Crippen MR) is 140 cm³/mol. The molecule has 1 saturated heterocycles. The van der Waals surface area contributed by atoms with Gasteiger partial charge in [0.2, 0.25) is 0 Å². The molecule has 1 N–H and O–H groups in total. The van der Waals surface area contributed by atoms with Crippen molar-refractivity contribution >= 4 is 59.5 Å². The zero-order valence-corrected chi connectivity index (χ0v) is 22.4. The quantitative estimate of drug-likeness (QED) is 0.208. The van der Waals surface area contributed by atoms with Gasteiger partial charge >= 0.3 is 0 Å². The van der Waals surface area contributed by atoms with Gasteiger partial charge in [0.05, 0.1) is 13.4 Å². The first-order chi connectivity index (χ1) is 14.8. The summed E-state index contributed by atoms with van der Waals surface area (Å²) in [5, 5.41) is -0.535. The van der Waals surface area contributed by atoms with Crippen LogP contribution in [0.2, 0.25) is 0 Å². The number of benzene rings is 3. The molecule has 1 aliphatic heterocycles. The molecule has 0 radical (unpaired) electrons. The Balaban J connectivity index is 2.04. The van der Waals surface area contributed by atoms with E-state index >= 15 is 0 Å². The van der Waals surface area contributed by atoms with Crippen molar-refractivity contribution in [2.24, 2.45) is 0 Å². The van der Waals surface area contributed by atoms with Crippen molar-refractivity contribution in [1.29, 1.82) is 0 Å². The molecular weight excluding hydrogens is 506 g/mol. The molecule has 0 amide bonds. The third-order valence-corrected chi connectivity index (χ3v) is 14.7. The van der Waals surface area contributed by atoms with E-state index < -0.39 is 21.0 Å². The van der Waals surface area contributed by atoms with Gasteiger partial charge in [0.1, 0.15) is 0 Å². The third-order valence-electron chi connectivity index (χ3n) is 5.42. The van der Waals surface area contributed by atoms with E-state index in [9.17, 15) is 0 Å². The zero-order valence-electron chi connectivity index (χ0n) is 17.4. The molecule has 0 spiro atoms. The average molecular weight is 529 g/mol. The summed E-state index contributed by atoms with van der Waals surface area (Å²) < 4.78 is 3.28. The van der Waals surface area contributed by atoms with Gasteiger partial charge in [0.25, 0.3) is 0 Å². The van der Waals surface area contributed by atoms with Gasteiger partial charge in [-0.25, -0.2) is 4.86 Å². The van der Waals surface area contributed by atoms with Crippen molar-refractivity contribution in [3.63, 3.8) is 0 Å². The van der Waals surface area contributed by atoms with Crippen LogP contribution in [0.1, 0.15) is 33.4 Å². The molecule has 1 heterocycles. The minimum absolute atomic E-state index is 0.172. The molecule has 0 saturated carbocycles. The lowest BCUT2D eigenvalue weighted by molar-refractivity contribution is 0.826. The third kappa shape index (κ3) is 4.56. The first-order valence-corrected chi connectivity index (χ1v) is 14.8. The zero-order chi connectivity index (χ0) is 22.2. The molecule has 3 unspecified atom stereocenters. The summed E-state index contributed by atoms with van der Waals surface area (Å²) in [6.45, 7) is 6.31. The van der Waals surface area contributed by atoms with Crippen LogP contribution in [-0.4, -0.2) is 7.92 Å². The first-order valence-electron chi connectivity index (χ1n) is 9.74. The molecule has 162 valence electrons. The highest BCUT2D eigenvalue weighted by Crippen LogP contribution is 2.77. The minimum atomic E-state index is -1.36. The van der Waals surface area contributed by atoms with Crippen LogP contribution in [0.4, 0.5) is 0 Å². The highest BCUT2D eigenvalue weighted by atomic mass is 35.7. The Morgan fingerprint density at radius 2 is 1.06 bits per heavy atom. The molecule has 3 atom stereocenters. The molecule has 0 aliphatic carbocycles. The fourth-order valence-corrected chi connectivity index (χ4v) is 12.7. The van der Waals surface area contributed by atoms with Gasteiger partial charge in [-0.3, -0.25) is 0 Å². The van der Waals surface area contributed by atoms with Gasteiger partial charge in [0.15, 0.2) is 7.58 Å². The lowest BCUT2D eigenvalue weighted by Gasteiger charge is -2.49. The van der Waals surface area contributed by atoms with Crippen molar-refractivity contribution in [1.82, 2.24) is 12.8 Å². The van der Waals surface area contributed by atoms with E-state index in [4.69, 9.17) is 34.8 Å². The van der Waals surface area contributed by atoms with Crippen LogP contribution in [0.25, 0.3) is 0 Å². The fraction of sp³-hybridized carbons (Fsp3) is 0.182. The predicted octanol–water partition coefficient (Wildman–Crippen LogP) is 8.70. The Morgan fingerprint density at radius 1 is 0.710 bits per heavy atom. The molecule has 31 heavy (non-hydrogen) atoms. The number of nitrogens with one attached hydrogen (secondary N) is 1. The van der Waals surface area contributed by atoms with E-state index in [0.717, 1.165) is 0 Å². The summed E-state index contributed by atoms with van der Waals surface area (Å²) in [7, 11) is -2.36. The Bertz CT molecular complexity index is 922. The second kappa shape index (κ2) is 9.90. The summed E-state index contributed by atoms with van der Waals surface area (Å²) in [5.41, 5.74) is 7.15. The molecule has 1 aliphatic rings. The molecule has 3 aromatic carbocycles. The molecule has 0 bridgehead atoms. The average Bonchev–Trinajstić information content (AvgIpc) is 2.77. The maximum Gasteiger partial charge on any atom is 0.179 e. The number of nitrogens with zero attached hydrogens (tertiary/aromatic N) is 2. The fourth-order valence-electron chi connectivity index (χ4n) is 3.77. The normalized spacial score (nSPS) is 21.5. The van der Waals surface area contributed by atoms with E-state index in [2.05, 4.69) is 98.4 Å². The number of hydrogen-bond acceptors (Lipinski definition) is 3. The Labute approximate surface area is 203 Å². The molecule has 1 fully saturated rings. The molecule has 4 rings (SSSR count). The Morgan fingerprint density at radius 3 is 1.42 bits per heavy atom. The van der Waals surface area contributed by atoms with Gasteiger partial charge in [-0.15, -0.1) is 7.92 Å². The topological polar surface area (TPSA) is 18.5 Å². The Hall–Kier alpha value is -0.300. The van der Waals surface area contributed by atoms with E-state index in [1.165, 1.54) is 33.4 Å². The van der Waals surface area contributed by atoms with Gasteiger partial charge in [0, 0.05) is 8.88 Å². The van der Waals surface area contributed by atoms with Crippen molar-refractivity contribution in [3.05, 3.63) is 106 Å². The lowest BCUT2D eigenvalue weighted by Crippen LogP contribution is -2.36. The number of halogens is 3. The second-order valence-corrected chi connectivity index (χ2v) is 15.4. The summed E-state index contributed by atoms with van der Waals surface area (Å²) in [4.78, 5) is 3.64. The molecular formula is C22H23Cl3N3P3. The molecule has 3 aromatic rings. The maximum atomic E-state index is 6.93. The van der Waals surface area contributed by atoms with Crippen LogP contribution in [-0.2, 0) is 5.16 Å². The number of rotatable bonds is 4. The van der Waals surface area contributed by atoms with Crippen LogP contribution >= 0.6 is 59.5 Å². The van der Waals surface area contributed by atoms with Crippen LogP contribution in [0.3, 0.4) is 0 Å². The number of hydrogen-bond donors (Lipinski definition) is 1. The summed E-state index contributed by atoms with van der Waals surface area (Å²) in [6, 6.07) is 26.2. The number of aryl methyl sites for hydroxylation is 3. The molecule has 0 aromatic heterocycles. The maximum absolute atomic E-state index is 6.93. The highest BCUT2D eigenvalue weighted by Gasteiger charge is 2.51. The van der Waals surface area contributed by atoms with Crippen molar-refractivity contribution in [2.75, 3.05) is 0 Å². The van der Waals surface area contributed by atoms with Gasteiger partial charge in [-0.05, 0) is 61.0 Å². The Kier molecular flexibility index (Phi) is 7.62. The summed E-state index contributed by atoms with van der Waals surface area (Å²) >= 11 is 20.0. The first kappa shape index (κ1) is 23.8. The van der Waals surface area contributed by atoms with Crippen molar-refractivity contribution in [3.8, 4) is 0 Å². The summed E-state index contributed by atoms with van der Waals surface area (Å²) in [5.74, 6) is 0. The van der Waals surface area contributed by atoms with Crippen LogP contribution in [0, 0.1) is 20.8 Å². The summed E-state index contributed by atoms with van der Waals surface area (Å²) in [6.07, 6.45) is 0. The standard InChI is InChI=1S/C22H23Cl3N3P3/c1-16-4-10-19(11-5-16)22(20-12-6-17(2)7-13-20,21-14-8-18(3)9-15-21)30-26-29-27(23)31(25)28(30)24/h4-15,26,29H,1-3H3. The monoisotopic (exact) mass is 527 g/mol. The van der Waals surface area contributed by atoms with E-state index in [-0.39, 0.29) is 8.88 Å². The second-order valence-electron chi connectivity index (χ2n) is 7.59. The van der Waals surface area contributed by atoms with Crippen LogP contribution in [0.15, 0.2) is 72.8 Å². The van der Waals surface area contributed by atoms with Gasteiger partial charge in [-0.1, -0.05) is 101 Å². The van der Waals surface area contributed by atoms with Crippen molar-refractivity contribution < 1.29 is 0 Å². The van der Waals surface area contributed by atoms with E-state index in [1.54, 1.807) is 7.92 Å². The van der Waals surface area contributed by atoms with Crippen LogP contribution < -0.4 is 4.86 Å². The van der Waals surface area contributed by atoms with Gasteiger partial charge < -0.3 is 0 Å². The molecule has 3 nitrogen and oxygen atoms in total. The van der Waals surface area contributed by atoms with Gasteiger partial charge in [-0.2, -0.15) is 0 Å². The lowest BCUT2D eigenvalue weighted by atomic mass is 9.83. The van der Waals surface area contributed by atoms with Crippen molar-refractivity contribution in [2.45, 2.75) is 25.9 Å². The minimum Gasteiger partial charge on any atom is -0.248 e. The highest BCUT2D eigenvalue weighted by molar-refractivity contribution is 7.94. The SMILES string of the molecule is Cc1ccc(C(c2ccc(C)cc2)(c2ccc(C)cc2)P2NPN(Cl)P(Cl)N2Cl)cc1. The smallest absolute Gasteiger partial charge is 0.179 e. The van der Waals surface area contributed by atoms with Crippen LogP contribution in [0.5, 0.6) is 0 Å². The molecule has 9 heteroatoms. The largest absolute Gasteiger partial charge is 0.248 e. The van der Waals surface area contributed by atoms with E-state index in [1.807, 2.05) is 0 Å². The van der Waals surface area contributed by atoms with E-state index in [0.29, 0.717) is 0 Å².